The molecular formula is C18H27N3O4. The van der Waals surface area contributed by atoms with Crippen LogP contribution in [0, 0.1) is 6.92 Å². The predicted molar refractivity (Wildman–Crippen MR) is 93.7 cm³/mol. The number of aliphatic hydroxyl groups is 2. The van der Waals surface area contributed by atoms with E-state index in [1.165, 1.54) is 0 Å². The van der Waals surface area contributed by atoms with Crippen LogP contribution in [0.1, 0.15) is 24.5 Å². The Kier molecular flexibility index (Phi) is 6.52. The molecule has 138 valence electrons. The maximum atomic E-state index is 12.3. The van der Waals surface area contributed by atoms with Gasteiger partial charge >= 0.3 is 0 Å². The van der Waals surface area contributed by atoms with Gasteiger partial charge in [0.15, 0.2) is 0 Å². The number of carbonyl (C=O) groups excluding carboxylic acids is 2. The van der Waals surface area contributed by atoms with Gasteiger partial charge in [-0.25, -0.2) is 0 Å². The van der Waals surface area contributed by atoms with Crippen LogP contribution in [0.5, 0.6) is 0 Å². The van der Waals surface area contributed by atoms with Crippen molar-refractivity contribution < 1.29 is 19.8 Å². The summed E-state index contributed by atoms with van der Waals surface area (Å²) in [6.07, 6.45) is -0.0205. The first-order valence-corrected chi connectivity index (χ1v) is 8.47. The van der Waals surface area contributed by atoms with Gasteiger partial charge in [-0.05, 0) is 25.0 Å². The quantitative estimate of drug-likeness (QED) is 0.534. The van der Waals surface area contributed by atoms with E-state index in [0.717, 1.165) is 11.1 Å². The molecule has 25 heavy (non-hydrogen) atoms. The molecule has 0 spiro atoms. The van der Waals surface area contributed by atoms with Crippen molar-refractivity contribution in [3.63, 3.8) is 0 Å². The van der Waals surface area contributed by atoms with Gasteiger partial charge in [0.25, 0.3) is 0 Å². The molecule has 1 aromatic rings. The van der Waals surface area contributed by atoms with E-state index in [0.29, 0.717) is 19.6 Å². The number of nitrogens with zero attached hydrogens (tertiary/aromatic N) is 1. The second-order valence-corrected chi connectivity index (χ2v) is 6.83. The van der Waals surface area contributed by atoms with Gasteiger partial charge in [-0.15, -0.1) is 0 Å². The summed E-state index contributed by atoms with van der Waals surface area (Å²) in [6.45, 7) is 4.63. The summed E-state index contributed by atoms with van der Waals surface area (Å²) in [7, 11) is 0. The molecule has 0 radical (unpaired) electrons. The topological polar surface area (TPSA) is 102 Å². The Bertz CT molecular complexity index is 616. The van der Waals surface area contributed by atoms with Crippen LogP contribution >= 0.6 is 0 Å². The summed E-state index contributed by atoms with van der Waals surface area (Å²) in [5.41, 5.74) is 1.17. The Morgan fingerprint density at radius 3 is 2.68 bits per heavy atom. The third kappa shape index (κ3) is 5.01. The summed E-state index contributed by atoms with van der Waals surface area (Å²) in [4.78, 5) is 26.6. The van der Waals surface area contributed by atoms with Crippen molar-refractivity contribution >= 4 is 11.8 Å². The Labute approximate surface area is 148 Å². The van der Waals surface area contributed by atoms with Crippen molar-refractivity contribution in [2.24, 2.45) is 0 Å². The Morgan fingerprint density at radius 1 is 1.36 bits per heavy atom. The standard InChI is InChI=1S/C18H27N3O4/c1-13-5-3-4-6-14(13)10-21-8-7-19-17(25)15(21)9-16(24)20-18(2,11-22)12-23/h3-6,15,22-23H,7-12H2,1-2H3,(H,19,25)(H,20,24)/t15-/m1/s1. The molecule has 0 aliphatic carbocycles. The van der Waals surface area contributed by atoms with Crippen LogP contribution in [0.4, 0.5) is 0 Å². The number of benzene rings is 1. The molecule has 0 bridgehead atoms. The average Bonchev–Trinajstić information content (AvgIpc) is 2.59. The number of amides is 2. The van der Waals surface area contributed by atoms with Crippen LogP contribution < -0.4 is 10.6 Å². The van der Waals surface area contributed by atoms with Gasteiger partial charge in [0.1, 0.15) is 0 Å². The van der Waals surface area contributed by atoms with Crippen LogP contribution in [0.2, 0.25) is 0 Å². The second-order valence-electron chi connectivity index (χ2n) is 6.83. The molecule has 1 heterocycles. The highest BCUT2D eigenvalue weighted by molar-refractivity contribution is 5.89. The minimum Gasteiger partial charge on any atom is -0.394 e. The lowest BCUT2D eigenvalue weighted by atomic mass is 10.0. The zero-order valence-electron chi connectivity index (χ0n) is 14.8. The van der Waals surface area contributed by atoms with Crippen LogP contribution in [0.25, 0.3) is 0 Å². The lowest BCUT2D eigenvalue weighted by molar-refractivity contribution is -0.135. The van der Waals surface area contributed by atoms with Crippen LogP contribution in [-0.2, 0) is 16.1 Å². The van der Waals surface area contributed by atoms with Gasteiger partial charge in [0, 0.05) is 19.6 Å². The first kappa shape index (κ1) is 19.4. The van der Waals surface area contributed by atoms with E-state index in [9.17, 15) is 19.8 Å². The molecule has 2 rings (SSSR count). The van der Waals surface area contributed by atoms with Crippen molar-refractivity contribution in [3.8, 4) is 0 Å². The summed E-state index contributed by atoms with van der Waals surface area (Å²) >= 11 is 0. The van der Waals surface area contributed by atoms with Crippen molar-refractivity contribution in [2.75, 3.05) is 26.3 Å². The zero-order valence-corrected chi connectivity index (χ0v) is 14.8. The molecule has 1 atom stereocenters. The second kappa shape index (κ2) is 8.42. The van der Waals surface area contributed by atoms with E-state index in [2.05, 4.69) is 10.6 Å². The van der Waals surface area contributed by atoms with Crippen molar-refractivity contribution in [3.05, 3.63) is 35.4 Å². The Morgan fingerprint density at radius 2 is 2.04 bits per heavy atom. The molecule has 0 aromatic heterocycles. The fraction of sp³-hybridized carbons (Fsp3) is 0.556. The molecule has 1 aliphatic heterocycles. The fourth-order valence-corrected chi connectivity index (χ4v) is 2.87. The lowest BCUT2D eigenvalue weighted by Crippen LogP contribution is -2.58. The van der Waals surface area contributed by atoms with Crippen LogP contribution in [0.3, 0.4) is 0 Å². The molecule has 1 fully saturated rings. The Hall–Kier alpha value is -1.96. The number of piperazine rings is 1. The van der Waals surface area contributed by atoms with Gasteiger partial charge in [-0.3, -0.25) is 14.5 Å². The van der Waals surface area contributed by atoms with Crippen molar-refractivity contribution in [2.45, 2.75) is 38.4 Å². The van der Waals surface area contributed by atoms with Gasteiger partial charge in [0.05, 0.1) is 31.2 Å². The third-order valence-electron chi connectivity index (χ3n) is 4.59. The molecule has 2 amide bonds. The normalized spacial score (nSPS) is 18.7. The molecule has 7 nitrogen and oxygen atoms in total. The highest BCUT2D eigenvalue weighted by Crippen LogP contribution is 2.17. The average molecular weight is 349 g/mol. The predicted octanol–water partition coefficient (Wildman–Crippen LogP) is -0.455. The molecule has 0 unspecified atom stereocenters. The summed E-state index contributed by atoms with van der Waals surface area (Å²) in [5, 5.41) is 24.0. The van der Waals surface area contributed by atoms with E-state index in [1.54, 1.807) is 6.92 Å². The maximum absolute atomic E-state index is 12.3. The van der Waals surface area contributed by atoms with Crippen molar-refractivity contribution in [1.29, 1.82) is 0 Å². The third-order valence-corrected chi connectivity index (χ3v) is 4.59. The number of hydrogen-bond donors (Lipinski definition) is 4. The van der Waals surface area contributed by atoms with E-state index in [-0.39, 0.29) is 31.4 Å². The van der Waals surface area contributed by atoms with E-state index in [1.807, 2.05) is 36.1 Å². The number of rotatable bonds is 7. The molecule has 4 N–H and O–H groups in total. The maximum Gasteiger partial charge on any atom is 0.237 e. The first-order chi connectivity index (χ1) is 11.9. The number of carbonyl (C=O) groups is 2. The number of aliphatic hydroxyl groups excluding tert-OH is 2. The molecular weight excluding hydrogens is 322 g/mol. The monoisotopic (exact) mass is 349 g/mol. The lowest BCUT2D eigenvalue weighted by Gasteiger charge is -2.36. The SMILES string of the molecule is Cc1ccccc1CN1CCNC(=O)[C@H]1CC(=O)NC(C)(CO)CO. The number of aryl methyl sites for hydroxylation is 1. The van der Waals surface area contributed by atoms with Crippen LogP contribution in [-0.4, -0.2) is 64.8 Å². The Balaban J connectivity index is 2.08. The zero-order chi connectivity index (χ0) is 18.4. The first-order valence-electron chi connectivity index (χ1n) is 8.47. The molecule has 7 heteroatoms. The summed E-state index contributed by atoms with van der Waals surface area (Å²) in [5.74, 6) is -0.549. The molecule has 1 aliphatic rings. The van der Waals surface area contributed by atoms with E-state index < -0.39 is 11.6 Å². The van der Waals surface area contributed by atoms with Crippen LogP contribution in [0.15, 0.2) is 24.3 Å². The summed E-state index contributed by atoms with van der Waals surface area (Å²) in [6, 6.07) is 7.40. The molecule has 0 saturated carbocycles. The van der Waals surface area contributed by atoms with E-state index >= 15 is 0 Å². The highest BCUT2D eigenvalue weighted by atomic mass is 16.3. The van der Waals surface area contributed by atoms with Gasteiger partial charge in [0.2, 0.25) is 11.8 Å². The van der Waals surface area contributed by atoms with Gasteiger partial charge in [-0.2, -0.15) is 0 Å². The highest BCUT2D eigenvalue weighted by Gasteiger charge is 2.33. The van der Waals surface area contributed by atoms with Gasteiger partial charge < -0.3 is 20.8 Å². The van der Waals surface area contributed by atoms with Crippen molar-refractivity contribution in [1.82, 2.24) is 15.5 Å². The number of hydrogen-bond acceptors (Lipinski definition) is 5. The molecule has 1 aromatic carbocycles. The van der Waals surface area contributed by atoms with Gasteiger partial charge in [-0.1, -0.05) is 24.3 Å². The minimum atomic E-state index is -1.09. The fourth-order valence-electron chi connectivity index (χ4n) is 2.87. The largest absolute Gasteiger partial charge is 0.394 e. The minimum absolute atomic E-state index is 0.0205. The smallest absolute Gasteiger partial charge is 0.237 e. The summed E-state index contributed by atoms with van der Waals surface area (Å²) < 4.78 is 0. The van der Waals surface area contributed by atoms with E-state index in [4.69, 9.17) is 0 Å². The molecule has 1 saturated heterocycles. The number of nitrogens with one attached hydrogen (secondary N) is 2.